The molecule has 1 saturated heterocycles. The molecule has 120 valence electrons. The first-order chi connectivity index (χ1) is 10.3. The van der Waals surface area contributed by atoms with Crippen molar-refractivity contribution >= 4 is 11.9 Å². The fourth-order valence-corrected chi connectivity index (χ4v) is 2.95. The number of nitrogens with zero attached hydrogens (tertiary/aromatic N) is 2. The second kappa shape index (κ2) is 5.90. The lowest BCUT2D eigenvalue weighted by Crippen LogP contribution is -2.58. The summed E-state index contributed by atoms with van der Waals surface area (Å²) >= 11 is 0. The van der Waals surface area contributed by atoms with Crippen LogP contribution in [0.2, 0.25) is 0 Å². The zero-order valence-electron chi connectivity index (χ0n) is 13.1. The van der Waals surface area contributed by atoms with Crippen molar-refractivity contribution in [1.29, 1.82) is 0 Å². The van der Waals surface area contributed by atoms with Crippen LogP contribution in [0.1, 0.15) is 43.3 Å². The van der Waals surface area contributed by atoms with Crippen molar-refractivity contribution < 1.29 is 14.7 Å². The minimum absolute atomic E-state index is 0.128. The van der Waals surface area contributed by atoms with Gasteiger partial charge in [-0.2, -0.15) is 0 Å². The average Bonchev–Trinajstić information content (AvgIpc) is 2.42. The van der Waals surface area contributed by atoms with Crippen LogP contribution in [0.25, 0.3) is 0 Å². The number of aliphatic carboxylic acids is 1. The van der Waals surface area contributed by atoms with E-state index in [0.29, 0.717) is 30.0 Å². The van der Waals surface area contributed by atoms with Gasteiger partial charge >= 0.3 is 5.97 Å². The molecule has 0 radical (unpaired) electrons. The van der Waals surface area contributed by atoms with Crippen molar-refractivity contribution in [1.82, 2.24) is 14.9 Å². The van der Waals surface area contributed by atoms with Crippen molar-refractivity contribution in [2.24, 2.45) is 0 Å². The second-order valence-electron chi connectivity index (χ2n) is 5.97. The van der Waals surface area contributed by atoms with Crippen molar-refractivity contribution in [3.63, 3.8) is 0 Å². The van der Waals surface area contributed by atoms with Crippen LogP contribution in [0, 0.1) is 13.8 Å². The normalized spacial score (nSPS) is 21.7. The topological polar surface area (TPSA) is 103 Å². The number of carbonyl (C=O) groups excluding carboxylic acids is 1. The molecule has 2 N–H and O–H groups in total. The molecular formula is C15H21N3O4. The molecule has 0 aromatic carbocycles. The summed E-state index contributed by atoms with van der Waals surface area (Å²) in [5.74, 6) is -0.857. The summed E-state index contributed by atoms with van der Waals surface area (Å²) in [7, 11) is 0. The van der Waals surface area contributed by atoms with E-state index in [-0.39, 0.29) is 17.9 Å². The third-order valence-electron chi connectivity index (χ3n) is 4.32. The van der Waals surface area contributed by atoms with E-state index in [4.69, 9.17) is 0 Å². The van der Waals surface area contributed by atoms with Crippen LogP contribution in [0.3, 0.4) is 0 Å². The Morgan fingerprint density at radius 1 is 1.36 bits per heavy atom. The van der Waals surface area contributed by atoms with E-state index in [0.717, 1.165) is 12.8 Å². The molecule has 2 rings (SSSR count). The predicted octanol–water partition coefficient (Wildman–Crippen LogP) is 0.785. The third-order valence-corrected chi connectivity index (χ3v) is 4.32. The van der Waals surface area contributed by atoms with E-state index in [9.17, 15) is 19.5 Å². The molecule has 1 aliphatic heterocycles. The summed E-state index contributed by atoms with van der Waals surface area (Å²) in [6.45, 7) is 5.32. The summed E-state index contributed by atoms with van der Waals surface area (Å²) in [4.78, 5) is 44.2. The molecule has 0 unspecified atom stereocenters. The van der Waals surface area contributed by atoms with Gasteiger partial charge < -0.3 is 15.0 Å². The molecule has 1 amide bonds. The number of nitrogens with one attached hydrogen (secondary N) is 1. The zero-order valence-corrected chi connectivity index (χ0v) is 13.1. The van der Waals surface area contributed by atoms with Gasteiger partial charge in [0.1, 0.15) is 11.4 Å². The first kappa shape index (κ1) is 16.2. The Labute approximate surface area is 128 Å². The Balaban J connectivity index is 2.29. The SMILES string of the molecule is Cc1nc(C)c(CC(=O)N2CCCC[C@@]2(C)C(=O)O)c(=O)[nH]1. The molecular weight excluding hydrogens is 286 g/mol. The lowest BCUT2D eigenvalue weighted by Gasteiger charge is -2.41. The molecule has 7 heteroatoms. The Kier molecular flexibility index (Phi) is 4.35. The lowest BCUT2D eigenvalue weighted by atomic mass is 9.88. The number of hydrogen-bond acceptors (Lipinski definition) is 4. The van der Waals surface area contributed by atoms with Crippen LogP contribution in [-0.4, -0.2) is 43.9 Å². The molecule has 0 bridgehead atoms. The molecule has 2 heterocycles. The first-order valence-electron chi connectivity index (χ1n) is 7.36. The van der Waals surface area contributed by atoms with Gasteiger partial charge in [0.2, 0.25) is 5.91 Å². The number of amides is 1. The molecule has 22 heavy (non-hydrogen) atoms. The van der Waals surface area contributed by atoms with E-state index in [1.54, 1.807) is 20.8 Å². The summed E-state index contributed by atoms with van der Waals surface area (Å²) in [6, 6.07) is 0. The van der Waals surface area contributed by atoms with E-state index >= 15 is 0 Å². The number of H-pyrrole nitrogens is 1. The molecule has 1 atom stereocenters. The molecule has 1 aliphatic rings. The summed E-state index contributed by atoms with van der Waals surface area (Å²) in [5, 5.41) is 9.45. The molecule has 1 aromatic rings. The number of carboxylic acid groups (broad SMARTS) is 1. The number of carboxylic acids is 1. The molecule has 1 fully saturated rings. The van der Waals surface area contributed by atoms with Gasteiger partial charge in [-0.15, -0.1) is 0 Å². The van der Waals surface area contributed by atoms with Crippen molar-refractivity contribution in [3.05, 3.63) is 27.4 Å². The standard InChI is InChI=1S/C15H21N3O4/c1-9-11(13(20)17-10(2)16-9)8-12(19)18-7-5-4-6-15(18,3)14(21)22/h4-8H2,1-3H3,(H,21,22)(H,16,17,20)/t15-/m0/s1. The summed E-state index contributed by atoms with van der Waals surface area (Å²) in [6.07, 6.45) is 1.85. The maximum absolute atomic E-state index is 12.6. The fourth-order valence-electron chi connectivity index (χ4n) is 2.95. The predicted molar refractivity (Wildman–Crippen MR) is 79.6 cm³/mol. The number of piperidine rings is 1. The molecule has 0 spiro atoms. The lowest BCUT2D eigenvalue weighted by molar-refractivity contribution is -0.160. The van der Waals surface area contributed by atoms with Crippen molar-refractivity contribution in [3.8, 4) is 0 Å². The van der Waals surface area contributed by atoms with Gasteiger partial charge in [0.15, 0.2) is 0 Å². The number of likely N-dealkylation sites (tertiary alicyclic amines) is 1. The van der Waals surface area contributed by atoms with Crippen LogP contribution in [-0.2, 0) is 16.0 Å². The Bertz CT molecular complexity index is 667. The maximum Gasteiger partial charge on any atom is 0.329 e. The quantitative estimate of drug-likeness (QED) is 0.859. The second-order valence-corrected chi connectivity index (χ2v) is 5.97. The van der Waals surface area contributed by atoms with Crippen LogP contribution in [0.5, 0.6) is 0 Å². The van der Waals surface area contributed by atoms with Gasteiger partial charge in [-0.3, -0.25) is 9.59 Å². The van der Waals surface area contributed by atoms with E-state index < -0.39 is 11.5 Å². The highest BCUT2D eigenvalue weighted by molar-refractivity contribution is 5.88. The highest BCUT2D eigenvalue weighted by Gasteiger charge is 2.43. The van der Waals surface area contributed by atoms with Crippen LogP contribution in [0.4, 0.5) is 0 Å². The smallest absolute Gasteiger partial charge is 0.329 e. The van der Waals surface area contributed by atoms with Crippen LogP contribution in [0.15, 0.2) is 4.79 Å². The van der Waals surface area contributed by atoms with Crippen molar-refractivity contribution in [2.75, 3.05) is 6.54 Å². The minimum atomic E-state index is -1.20. The van der Waals surface area contributed by atoms with Gasteiger partial charge in [0, 0.05) is 17.8 Å². The Hall–Kier alpha value is -2.18. The monoisotopic (exact) mass is 307 g/mol. The highest BCUT2D eigenvalue weighted by Crippen LogP contribution is 2.28. The number of aryl methyl sites for hydroxylation is 2. The van der Waals surface area contributed by atoms with Gasteiger partial charge in [-0.25, -0.2) is 9.78 Å². The summed E-state index contributed by atoms with van der Waals surface area (Å²) < 4.78 is 0. The third kappa shape index (κ3) is 2.88. The maximum atomic E-state index is 12.6. The number of aromatic amines is 1. The zero-order chi connectivity index (χ0) is 16.5. The number of rotatable bonds is 3. The minimum Gasteiger partial charge on any atom is -0.480 e. The first-order valence-corrected chi connectivity index (χ1v) is 7.36. The molecule has 7 nitrogen and oxygen atoms in total. The van der Waals surface area contributed by atoms with Gasteiger partial charge in [0.25, 0.3) is 5.56 Å². The van der Waals surface area contributed by atoms with E-state index in [1.807, 2.05) is 0 Å². The van der Waals surface area contributed by atoms with Gasteiger partial charge in [-0.05, 0) is 40.0 Å². The van der Waals surface area contributed by atoms with E-state index in [1.165, 1.54) is 4.90 Å². The average molecular weight is 307 g/mol. The Morgan fingerprint density at radius 3 is 2.64 bits per heavy atom. The van der Waals surface area contributed by atoms with Crippen LogP contribution >= 0.6 is 0 Å². The number of hydrogen-bond donors (Lipinski definition) is 2. The Morgan fingerprint density at radius 2 is 2.05 bits per heavy atom. The van der Waals surface area contributed by atoms with E-state index in [2.05, 4.69) is 9.97 Å². The van der Waals surface area contributed by atoms with Crippen molar-refractivity contribution in [2.45, 2.75) is 52.0 Å². The van der Waals surface area contributed by atoms with Gasteiger partial charge in [0.05, 0.1) is 6.42 Å². The molecule has 1 aromatic heterocycles. The highest BCUT2D eigenvalue weighted by atomic mass is 16.4. The largest absolute Gasteiger partial charge is 0.480 e. The fraction of sp³-hybridized carbons (Fsp3) is 0.600. The van der Waals surface area contributed by atoms with Gasteiger partial charge in [-0.1, -0.05) is 0 Å². The molecule has 0 aliphatic carbocycles. The number of aromatic nitrogens is 2. The number of carbonyl (C=O) groups is 2. The molecule has 0 saturated carbocycles. The summed E-state index contributed by atoms with van der Waals surface area (Å²) in [5.41, 5.74) is -0.737. The van der Waals surface area contributed by atoms with Crippen LogP contribution < -0.4 is 5.56 Å².